The molecule has 116 valence electrons. The van der Waals surface area contributed by atoms with Gasteiger partial charge in [0, 0.05) is 44.3 Å². The zero-order valence-electron chi connectivity index (χ0n) is 11.9. The van der Waals surface area contributed by atoms with Crippen molar-refractivity contribution in [1.82, 2.24) is 15.2 Å². The van der Waals surface area contributed by atoms with Crippen molar-refractivity contribution >= 4 is 42.5 Å². The fourth-order valence-corrected chi connectivity index (χ4v) is 2.26. The van der Waals surface area contributed by atoms with Crippen LogP contribution in [0.3, 0.4) is 0 Å². The van der Waals surface area contributed by atoms with E-state index in [1.165, 1.54) is 0 Å². The quantitative estimate of drug-likeness (QED) is 0.737. The molecule has 1 rings (SSSR count). The van der Waals surface area contributed by atoms with Crippen LogP contribution in [0.2, 0.25) is 0 Å². The summed E-state index contributed by atoms with van der Waals surface area (Å²) in [4.78, 5) is 17.8. The number of thioether (sulfide) groups is 1. The van der Waals surface area contributed by atoms with Crippen molar-refractivity contribution in [2.45, 2.75) is 12.2 Å². The highest BCUT2D eigenvalue weighted by Crippen LogP contribution is 2.11. The number of hydrogen-bond donors (Lipinski definition) is 1. The fourth-order valence-electron chi connectivity index (χ4n) is 1.41. The van der Waals surface area contributed by atoms with Crippen molar-refractivity contribution in [3.63, 3.8) is 0 Å². The lowest BCUT2D eigenvalue weighted by atomic mass is 10.4. The lowest BCUT2D eigenvalue weighted by Crippen LogP contribution is -2.32. The second-order valence-corrected chi connectivity index (χ2v) is 5.15. The first kappa shape index (κ1) is 21.8. The van der Waals surface area contributed by atoms with Crippen LogP contribution in [0.4, 0.5) is 0 Å². The van der Waals surface area contributed by atoms with Gasteiger partial charge in [0.05, 0.1) is 5.69 Å². The molecule has 1 aromatic heterocycles. The van der Waals surface area contributed by atoms with Gasteiger partial charge in [0.15, 0.2) is 0 Å². The van der Waals surface area contributed by atoms with E-state index in [9.17, 15) is 4.79 Å². The predicted molar refractivity (Wildman–Crippen MR) is 91.1 cm³/mol. The van der Waals surface area contributed by atoms with Gasteiger partial charge in [-0.2, -0.15) is 11.8 Å². The minimum Gasteiger partial charge on any atom is -0.344 e. The van der Waals surface area contributed by atoms with E-state index in [2.05, 4.69) is 10.3 Å². The highest BCUT2D eigenvalue weighted by molar-refractivity contribution is 7.98. The molecular formula is C13H23Cl2N3OS. The van der Waals surface area contributed by atoms with E-state index in [4.69, 9.17) is 0 Å². The van der Waals surface area contributed by atoms with Crippen molar-refractivity contribution in [2.75, 3.05) is 32.9 Å². The number of nitrogens with one attached hydrogen (secondary N) is 1. The maximum Gasteiger partial charge on any atom is 0.223 e. The van der Waals surface area contributed by atoms with E-state index in [0.29, 0.717) is 6.42 Å². The molecule has 0 bridgehead atoms. The number of carbonyl (C=O) groups excluding carboxylic acids is 1. The average molecular weight is 340 g/mol. The van der Waals surface area contributed by atoms with Gasteiger partial charge in [-0.3, -0.25) is 9.78 Å². The SMILES string of the molecule is CNCCN(C)C(=O)CCSCc1ccccn1.Cl.Cl. The van der Waals surface area contributed by atoms with Gasteiger partial charge in [-0.25, -0.2) is 0 Å². The summed E-state index contributed by atoms with van der Waals surface area (Å²) in [6, 6.07) is 5.90. The zero-order chi connectivity index (χ0) is 13.2. The third-order valence-corrected chi connectivity index (χ3v) is 3.55. The fraction of sp³-hybridized carbons (Fsp3) is 0.538. The van der Waals surface area contributed by atoms with Gasteiger partial charge in [-0.05, 0) is 19.2 Å². The molecule has 20 heavy (non-hydrogen) atoms. The first-order chi connectivity index (χ1) is 8.74. The Kier molecular flexibility index (Phi) is 14.7. The topological polar surface area (TPSA) is 45.2 Å². The minimum atomic E-state index is 0. The van der Waals surface area contributed by atoms with Crippen LogP contribution in [0.5, 0.6) is 0 Å². The van der Waals surface area contributed by atoms with Crippen LogP contribution in [0, 0.1) is 0 Å². The van der Waals surface area contributed by atoms with Crippen molar-refractivity contribution in [3.8, 4) is 0 Å². The first-order valence-corrected chi connectivity index (χ1v) is 7.25. The maximum absolute atomic E-state index is 11.7. The van der Waals surface area contributed by atoms with Crippen LogP contribution in [0.25, 0.3) is 0 Å². The van der Waals surface area contributed by atoms with Gasteiger partial charge in [-0.1, -0.05) is 6.07 Å². The van der Waals surface area contributed by atoms with Gasteiger partial charge in [0.2, 0.25) is 5.91 Å². The molecule has 0 aliphatic carbocycles. The van der Waals surface area contributed by atoms with E-state index in [1.807, 2.05) is 32.3 Å². The van der Waals surface area contributed by atoms with E-state index >= 15 is 0 Å². The number of pyridine rings is 1. The number of nitrogens with zero attached hydrogens (tertiary/aromatic N) is 2. The summed E-state index contributed by atoms with van der Waals surface area (Å²) in [6.07, 6.45) is 2.39. The second-order valence-electron chi connectivity index (χ2n) is 4.04. The van der Waals surface area contributed by atoms with Crippen molar-refractivity contribution in [3.05, 3.63) is 30.1 Å². The highest BCUT2D eigenvalue weighted by Gasteiger charge is 2.07. The number of aromatic nitrogens is 1. The molecule has 0 aromatic carbocycles. The second kappa shape index (κ2) is 13.5. The number of amides is 1. The molecule has 1 amide bonds. The largest absolute Gasteiger partial charge is 0.344 e. The third-order valence-electron chi connectivity index (χ3n) is 2.56. The zero-order valence-corrected chi connectivity index (χ0v) is 14.3. The van der Waals surface area contributed by atoms with Crippen LogP contribution in [0.15, 0.2) is 24.4 Å². The summed E-state index contributed by atoms with van der Waals surface area (Å²) in [5.41, 5.74) is 1.07. The Labute approximate surface area is 137 Å². The van der Waals surface area contributed by atoms with E-state index in [1.54, 1.807) is 22.9 Å². The van der Waals surface area contributed by atoms with Crippen LogP contribution >= 0.6 is 36.6 Å². The first-order valence-electron chi connectivity index (χ1n) is 6.10. The van der Waals surface area contributed by atoms with Crippen molar-refractivity contribution in [2.24, 2.45) is 0 Å². The molecule has 0 spiro atoms. The molecule has 0 saturated heterocycles. The lowest BCUT2D eigenvalue weighted by molar-refractivity contribution is -0.129. The smallest absolute Gasteiger partial charge is 0.223 e. The molecule has 0 aliphatic rings. The minimum absolute atomic E-state index is 0. The van der Waals surface area contributed by atoms with Gasteiger partial charge in [0.1, 0.15) is 0 Å². The molecular weight excluding hydrogens is 317 g/mol. The molecule has 0 radical (unpaired) electrons. The van der Waals surface area contributed by atoms with Gasteiger partial charge >= 0.3 is 0 Å². The summed E-state index contributed by atoms with van der Waals surface area (Å²) in [5.74, 6) is 1.92. The Hall–Kier alpha value is -0.490. The normalized spacial score (nSPS) is 9.30. The van der Waals surface area contributed by atoms with Crippen LogP contribution in [0.1, 0.15) is 12.1 Å². The molecule has 4 nitrogen and oxygen atoms in total. The number of hydrogen-bond acceptors (Lipinski definition) is 4. The highest BCUT2D eigenvalue weighted by atomic mass is 35.5. The average Bonchev–Trinajstić information content (AvgIpc) is 2.41. The number of likely N-dealkylation sites (N-methyl/N-ethyl adjacent to an activating group) is 2. The Morgan fingerprint density at radius 1 is 1.40 bits per heavy atom. The van der Waals surface area contributed by atoms with E-state index in [-0.39, 0.29) is 30.7 Å². The van der Waals surface area contributed by atoms with Gasteiger partial charge in [-0.15, -0.1) is 24.8 Å². The van der Waals surface area contributed by atoms with Gasteiger partial charge in [0.25, 0.3) is 0 Å². The number of rotatable bonds is 8. The lowest BCUT2D eigenvalue weighted by Gasteiger charge is -2.16. The van der Waals surface area contributed by atoms with Gasteiger partial charge < -0.3 is 10.2 Å². The van der Waals surface area contributed by atoms with E-state index < -0.39 is 0 Å². The van der Waals surface area contributed by atoms with Crippen molar-refractivity contribution in [1.29, 1.82) is 0 Å². The summed E-state index contributed by atoms with van der Waals surface area (Å²) in [5, 5.41) is 3.03. The van der Waals surface area contributed by atoms with Crippen LogP contribution < -0.4 is 5.32 Å². The van der Waals surface area contributed by atoms with Crippen LogP contribution in [-0.4, -0.2) is 48.7 Å². The molecule has 1 heterocycles. The van der Waals surface area contributed by atoms with Crippen molar-refractivity contribution < 1.29 is 4.79 Å². The Bertz CT molecular complexity index is 355. The Morgan fingerprint density at radius 3 is 2.75 bits per heavy atom. The molecule has 0 unspecified atom stereocenters. The maximum atomic E-state index is 11.7. The summed E-state index contributed by atoms with van der Waals surface area (Å²) >= 11 is 1.75. The Balaban J connectivity index is 0. The molecule has 1 N–H and O–H groups in total. The summed E-state index contributed by atoms with van der Waals surface area (Å²) < 4.78 is 0. The summed E-state index contributed by atoms with van der Waals surface area (Å²) in [6.45, 7) is 1.60. The molecule has 0 fully saturated rings. The predicted octanol–water partition coefficient (Wildman–Crippen LogP) is 2.23. The van der Waals surface area contributed by atoms with E-state index in [0.717, 1.165) is 30.3 Å². The third kappa shape index (κ3) is 9.42. The molecule has 0 atom stereocenters. The summed E-state index contributed by atoms with van der Waals surface area (Å²) in [7, 11) is 3.74. The molecule has 0 aliphatic heterocycles. The number of halogens is 2. The monoisotopic (exact) mass is 339 g/mol. The number of carbonyl (C=O) groups is 1. The molecule has 1 aromatic rings. The molecule has 0 saturated carbocycles. The standard InChI is InChI=1S/C13H21N3OS.2ClH/c1-14-8-9-16(2)13(17)6-10-18-11-12-5-3-4-7-15-12;;/h3-5,7,14H,6,8-11H2,1-2H3;2*1H. The molecule has 7 heteroatoms. The van der Waals surface area contributed by atoms with Crippen LogP contribution in [-0.2, 0) is 10.5 Å². The Morgan fingerprint density at radius 2 is 2.15 bits per heavy atom.